The third-order valence-electron chi connectivity index (χ3n) is 3.54. The number of nitrogens with one attached hydrogen (secondary N) is 1. The zero-order valence-electron chi connectivity index (χ0n) is 10.5. The summed E-state index contributed by atoms with van der Waals surface area (Å²) in [4.78, 5) is 14.1. The Balaban J connectivity index is 1.83. The molecule has 0 aromatic carbocycles. The summed E-state index contributed by atoms with van der Waals surface area (Å²) in [5, 5.41) is 3.40. The molecule has 1 saturated heterocycles. The van der Waals surface area contributed by atoms with Crippen molar-refractivity contribution in [2.75, 3.05) is 20.2 Å². The van der Waals surface area contributed by atoms with Gasteiger partial charge in [0, 0.05) is 25.2 Å². The standard InChI is InChI=1S/C12H22N2O2/c1-12(2,11(15)16-3)13-9-6-7-14(8-9)10-4-5-10/h9-10,13H,4-8H2,1-3H3. The number of hydrogen-bond donors (Lipinski definition) is 1. The fraction of sp³-hybridized carbons (Fsp3) is 0.917. The molecule has 1 aliphatic heterocycles. The highest BCUT2D eigenvalue weighted by Gasteiger charge is 2.38. The van der Waals surface area contributed by atoms with Crippen molar-refractivity contribution in [3.8, 4) is 0 Å². The Morgan fingerprint density at radius 2 is 2.06 bits per heavy atom. The average Bonchev–Trinajstić information content (AvgIpc) is 2.99. The summed E-state index contributed by atoms with van der Waals surface area (Å²) in [6.45, 7) is 6.02. The molecule has 2 rings (SSSR count). The number of likely N-dealkylation sites (tertiary alicyclic amines) is 1. The molecule has 1 unspecified atom stereocenters. The van der Waals surface area contributed by atoms with Crippen LogP contribution in [0.5, 0.6) is 0 Å². The van der Waals surface area contributed by atoms with Crippen LogP contribution in [0.4, 0.5) is 0 Å². The summed E-state index contributed by atoms with van der Waals surface area (Å²) < 4.78 is 4.80. The summed E-state index contributed by atoms with van der Waals surface area (Å²) in [7, 11) is 1.44. The van der Waals surface area contributed by atoms with E-state index < -0.39 is 5.54 Å². The van der Waals surface area contributed by atoms with Crippen molar-refractivity contribution < 1.29 is 9.53 Å². The molecule has 0 aromatic heterocycles. The van der Waals surface area contributed by atoms with Crippen molar-refractivity contribution in [3.63, 3.8) is 0 Å². The van der Waals surface area contributed by atoms with Crippen molar-refractivity contribution in [2.24, 2.45) is 0 Å². The van der Waals surface area contributed by atoms with Gasteiger partial charge in [-0.1, -0.05) is 0 Å². The van der Waals surface area contributed by atoms with Crippen LogP contribution in [0.1, 0.15) is 33.1 Å². The molecule has 16 heavy (non-hydrogen) atoms. The van der Waals surface area contributed by atoms with E-state index in [2.05, 4.69) is 10.2 Å². The lowest BCUT2D eigenvalue weighted by molar-refractivity contribution is -0.147. The number of carbonyl (C=O) groups excluding carboxylic acids is 1. The fourth-order valence-electron chi connectivity index (χ4n) is 2.50. The van der Waals surface area contributed by atoms with E-state index in [0.29, 0.717) is 6.04 Å². The first kappa shape index (κ1) is 11.9. The topological polar surface area (TPSA) is 41.6 Å². The molecule has 1 N–H and O–H groups in total. The second-order valence-electron chi connectivity index (χ2n) is 5.47. The molecule has 1 atom stereocenters. The van der Waals surface area contributed by atoms with Gasteiger partial charge in [0.25, 0.3) is 0 Å². The quantitative estimate of drug-likeness (QED) is 0.719. The van der Waals surface area contributed by atoms with E-state index in [-0.39, 0.29) is 5.97 Å². The van der Waals surface area contributed by atoms with Gasteiger partial charge in [0.2, 0.25) is 0 Å². The molecule has 1 saturated carbocycles. The van der Waals surface area contributed by atoms with Gasteiger partial charge in [0.05, 0.1) is 7.11 Å². The molecule has 2 aliphatic rings. The summed E-state index contributed by atoms with van der Waals surface area (Å²) >= 11 is 0. The van der Waals surface area contributed by atoms with Crippen LogP contribution in [-0.4, -0.2) is 48.7 Å². The highest BCUT2D eigenvalue weighted by Crippen LogP contribution is 2.30. The van der Waals surface area contributed by atoms with E-state index in [1.165, 1.54) is 26.5 Å². The highest BCUT2D eigenvalue weighted by atomic mass is 16.5. The zero-order valence-corrected chi connectivity index (χ0v) is 10.5. The second kappa shape index (κ2) is 4.34. The highest BCUT2D eigenvalue weighted by molar-refractivity contribution is 5.79. The number of hydrogen-bond acceptors (Lipinski definition) is 4. The lowest BCUT2D eigenvalue weighted by Crippen LogP contribution is -2.52. The van der Waals surface area contributed by atoms with Crippen LogP contribution in [0.15, 0.2) is 0 Å². The Labute approximate surface area is 97.3 Å². The Kier molecular flexibility index (Phi) is 3.22. The largest absolute Gasteiger partial charge is 0.468 e. The van der Waals surface area contributed by atoms with Crippen LogP contribution in [0.2, 0.25) is 0 Å². The van der Waals surface area contributed by atoms with Crippen LogP contribution >= 0.6 is 0 Å². The van der Waals surface area contributed by atoms with E-state index in [9.17, 15) is 4.79 Å². The summed E-state index contributed by atoms with van der Waals surface area (Å²) in [5.41, 5.74) is -0.570. The first-order chi connectivity index (χ1) is 7.53. The van der Waals surface area contributed by atoms with Crippen LogP contribution in [0.25, 0.3) is 0 Å². The lowest BCUT2D eigenvalue weighted by atomic mass is 10.0. The van der Waals surface area contributed by atoms with E-state index in [0.717, 1.165) is 19.0 Å². The number of methoxy groups -OCH3 is 1. The van der Waals surface area contributed by atoms with Crippen molar-refractivity contribution in [1.82, 2.24) is 10.2 Å². The van der Waals surface area contributed by atoms with Gasteiger partial charge in [-0.2, -0.15) is 0 Å². The van der Waals surface area contributed by atoms with Gasteiger partial charge in [-0.15, -0.1) is 0 Å². The molecular weight excluding hydrogens is 204 g/mol. The van der Waals surface area contributed by atoms with Crippen LogP contribution < -0.4 is 5.32 Å². The van der Waals surface area contributed by atoms with Gasteiger partial charge in [-0.05, 0) is 33.1 Å². The van der Waals surface area contributed by atoms with E-state index in [1.807, 2.05) is 13.8 Å². The molecule has 4 heteroatoms. The molecule has 0 aromatic rings. The smallest absolute Gasteiger partial charge is 0.325 e. The number of esters is 1. The van der Waals surface area contributed by atoms with Crippen molar-refractivity contribution in [3.05, 3.63) is 0 Å². The monoisotopic (exact) mass is 226 g/mol. The van der Waals surface area contributed by atoms with Crippen LogP contribution in [0, 0.1) is 0 Å². The normalized spacial score (nSPS) is 27.1. The molecule has 0 bridgehead atoms. The Morgan fingerprint density at radius 3 is 2.62 bits per heavy atom. The zero-order chi connectivity index (χ0) is 11.8. The second-order valence-corrected chi connectivity index (χ2v) is 5.47. The van der Waals surface area contributed by atoms with Crippen molar-refractivity contribution in [1.29, 1.82) is 0 Å². The minimum Gasteiger partial charge on any atom is -0.468 e. The van der Waals surface area contributed by atoms with Crippen LogP contribution in [0.3, 0.4) is 0 Å². The fourth-order valence-corrected chi connectivity index (χ4v) is 2.50. The summed E-state index contributed by atoms with van der Waals surface area (Å²) in [6.07, 6.45) is 3.84. The maximum absolute atomic E-state index is 11.6. The molecule has 4 nitrogen and oxygen atoms in total. The molecule has 0 amide bonds. The van der Waals surface area contributed by atoms with Gasteiger partial charge in [-0.25, -0.2) is 0 Å². The molecular formula is C12H22N2O2. The molecule has 1 aliphatic carbocycles. The van der Waals surface area contributed by atoms with E-state index in [4.69, 9.17) is 4.74 Å². The van der Waals surface area contributed by atoms with Crippen molar-refractivity contribution in [2.45, 2.75) is 50.7 Å². The Hall–Kier alpha value is -0.610. The van der Waals surface area contributed by atoms with Gasteiger partial charge >= 0.3 is 5.97 Å². The number of carbonyl (C=O) groups is 1. The molecule has 2 fully saturated rings. The van der Waals surface area contributed by atoms with Gasteiger partial charge in [0.1, 0.15) is 5.54 Å². The number of rotatable bonds is 4. The average molecular weight is 226 g/mol. The third kappa shape index (κ3) is 2.55. The maximum atomic E-state index is 11.6. The minimum atomic E-state index is -0.570. The third-order valence-corrected chi connectivity index (χ3v) is 3.54. The lowest BCUT2D eigenvalue weighted by Gasteiger charge is -2.27. The summed E-state index contributed by atoms with van der Waals surface area (Å²) in [6, 6.07) is 1.25. The Morgan fingerprint density at radius 1 is 1.38 bits per heavy atom. The van der Waals surface area contributed by atoms with Gasteiger partial charge in [-0.3, -0.25) is 15.0 Å². The SMILES string of the molecule is COC(=O)C(C)(C)NC1CCN(C2CC2)C1. The van der Waals surface area contributed by atoms with Gasteiger partial charge < -0.3 is 4.74 Å². The maximum Gasteiger partial charge on any atom is 0.325 e. The van der Waals surface area contributed by atoms with Gasteiger partial charge in [0.15, 0.2) is 0 Å². The first-order valence-corrected chi connectivity index (χ1v) is 6.13. The molecule has 0 spiro atoms. The van der Waals surface area contributed by atoms with E-state index >= 15 is 0 Å². The first-order valence-electron chi connectivity index (χ1n) is 6.13. The summed E-state index contributed by atoms with van der Waals surface area (Å²) in [5.74, 6) is -0.183. The van der Waals surface area contributed by atoms with Crippen LogP contribution in [-0.2, 0) is 9.53 Å². The molecule has 1 heterocycles. The predicted molar refractivity (Wildman–Crippen MR) is 62.2 cm³/mol. The molecule has 92 valence electrons. The number of nitrogens with zero attached hydrogens (tertiary/aromatic N) is 1. The minimum absolute atomic E-state index is 0.183. The van der Waals surface area contributed by atoms with E-state index in [1.54, 1.807) is 0 Å². The van der Waals surface area contributed by atoms with Crippen molar-refractivity contribution >= 4 is 5.97 Å². The molecule has 0 radical (unpaired) electrons. The Bertz CT molecular complexity index is 274. The number of ether oxygens (including phenoxy) is 1. The predicted octanol–water partition coefficient (Wildman–Crippen LogP) is 0.764.